The second-order valence-corrected chi connectivity index (χ2v) is 5.85. The fourth-order valence-electron chi connectivity index (χ4n) is 1.89. The molecule has 0 aliphatic carbocycles. The van der Waals surface area contributed by atoms with Gasteiger partial charge in [0.25, 0.3) is 5.91 Å². The van der Waals surface area contributed by atoms with Crippen LogP contribution in [-0.2, 0) is 9.53 Å². The van der Waals surface area contributed by atoms with Gasteiger partial charge in [-0.1, -0.05) is 0 Å². The van der Waals surface area contributed by atoms with E-state index in [1.165, 1.54) is 11.3 Å². The minimum absolute atomic E-state index is 0.0221. The van der Waals surface area contributed by atoms with Crippen LogP contribution in [0.3, 0.4) is 0 Å². The Balaban J connectivity index is 1.89. The van der Waals surface area contributed by atoms with Gasteiger partial charge in [-0.25, -0.2) is 4.98 Å². The third-order valence-corrected chi connectivity index (χ3v) is 3.74. The molecular formula is C15H19N3O3S. The number of carbonyl (C=O) groups excluding carboxylic acids is 1. The van der Waals surface area contributed by atoms with Crippen LogP contribution in [0.25, 0.3) is 11.3 Å². The van der Waals surface area contributed by atoms with Gasteiger partial charge in [-0.3, -0.25) is 4.79 Å². The first-order valence-corrected chi connectivity index (χ1v) is 7.63. The van der Waals surface area contributed by atoms with Gasteiger partial charge < -0.3 is 20.5 Å². The molecule has 3 N–H and O–H groups in total. The Bertz CT molecular complexity index is 625. The summed E-state index contributed by atoms with van der Waals surface area (Å²) >= 11 is 1.46. The molecule has 1 aromatic carbocycles. The number of aromatic nitrogens is 1. The van der Waals surface area contributed by atoms with Crippen LogP contribution in [-0.4, -0.2) is 37.8 Å². The van der Waals surface area contributed by atoms with Crippen molar-refractivity contribution in [2.45, 2.75) is 6.92 Å². The zero-order chi connectivity index (χ0) is 15.9. The fourth-order valence-corrected chi connectivity index (χ4v) is 2.60. The Morgan fingerprint density at radius 3 is 2.68 bits per heavy atom. The standard InChI is InChI=1S/C15H19N3O3S/c1-10-14(18-15(16)22-10)11-3-5-12(6-4-11)21-9-13(19)17-7-8-20-2/h3-6H,7-9H2,1-2H3,(H2,16,18)(H,17,19). The van der Waals surface area contributed by atoms with Crippen LogP contribution in [0.5, 0.6) is 5.75 Å². The molecule has 0 spiro atoms. The predicted molar refractivity (Wildman–Crippen MR) is 87.1 cm³/mol. The van der Waals surface area contributed by atoms with Gasteiger partial charge >= 0.3 is 0 Å². The molecule has 22 heavy (non-hydrogen) atoms. The van der Waals surface area contributed by atoms with Gasteiger partial charge in [0.15, 0.2) is 11.7 Å². The third-order valence-electron chi connectivity index (χ3n) is 2.94. The Hall–Kier alpha value is -2.12. The number of hydrogen-bond donors (Lipinski definition) is 2. The van der Waals surface area contributed by atoms with Gasteiger partial charge in [-0.2, -0.15) is 0 Å². The number of benzene rings is 1. The van der Waals surface area contributed by atoms with E-state index in [1.54, 1.807) is 7.11 Å². The molecule has 118 valence electrons. The summed E-state index contributed by atoms with van der Waals surface area (Å²) < 4.78 is 10.3. The lowest BCUT2D eigenvalue weighted by Crippen LogP contribution is -2.31. The van der Waals surface area contributed by atoms with Gasteiger partial charge in [-0.05, 0) is 31.2 Å². The smallest absolute Gasteiger partial charge is 0.258 e. The maximum absolute atomic E-state index is 11.5. The Morgan fingerprint density at radius 1 is 1.36 bits per heavy atom. The molecule has 0 saturated carbocycles. The highest BCUT2D eigenvalue weighted by molar-refractivity contribution is 7.15. The van der Waals surface area contributed by atoms with Crippen molar-refractivity contribution in [2.75, 3.05) is 32.6 Å². The van der Waals surface area contributed by atoms with Crippen molar-refractivity contribution in [3.63, 3.8) is 0 Å². The van der Waals surface area contributed by atoms with E-state index in [1.807, 2.05) is 31.2 Å². The number of nitrogens with zero attached hydrogens (tertiary/aromatic N) is 1. The molecule has 6 nitrogen and oxygen atoms in total. The van der Waals surface area contributed by atoms with Gasteiger partial charge in [0.1, 0.15) is 5.75 Å². The van der Waals surface area contributed by atoms with E-state index in [9.17, 15) is 4.79 Å². The first-order valence-electron chi connectivity index (χ1n) is 6.82. The number of carbonyl (C=O) groups is 1. The van der Waals surface area contributed by atoms with Crippen molar-refractivity contribution in [2.24, 2.45) is 0 Å². The molecule has 0 fully saturated rings. The van der Waals surface area contributed by atoms with E-state index in [2.05, 4.69) is 10.3 Å². The highest BCUT2D eigenvalue weighted by Crippen LogP contribution is 2.29. The van der Waals surface area contributed by atoms with Crippen molar-refractivity contribution < 1.29 is 14.3 Å². The average molecular weight is 321 g/mol. The molecule has 2 rings (SSSR count). The highest BCUT2D eigenvalue weighted by Gasteiger charge is 2.08. The van der Waals surface area contributed by atoms with Gasteiger partial charge in [-0.15, -0.1) is 11.3 Å². The summed E-state index contributed by atoms with van der Waals surface area (Å²) in [4.78, 5) is 16.9. The van der Waals surface area contributed by atoms with E-state index in [0.29, 0.717) is 24.0 Å². The molecule has 0 saturated heterocycles. The van der Waals surface area contributed by atoms with Crippen molar-refractivity contribution in [3.8, 4) is 17.0 Å². The molecule has 1 amide bonds. The molecular weight excluding hydrogens is 302 g/mol. The Kier molecular flexibility index (Phi) is 5.74. The summed E-state index contributed by atoms with van der Waals surface area (Å²) in [6, 6.07) is 7.43. The first-order chi connectivity index (χ1) is 10.6. The summed E-state index contributed by atoms with van der Waals surface area (Å²) in [6.07, 6.45) is 0. The Labute approximate surface area is 133 Å². The number of methoxy groups -OCH3 is 1. The van der Waals surface area contributed by atoms with Crippen molar-refractivity contribution in [3.05, 3.63) is 29.1 Å². The van der Waals surface area contributed by atoms with E-state index < -0.39 is 0 Å². The zero-order valence-corrected chi connectivity index (χ0v) is 13.4. The summed E-state index contributed by atoms with van der Waals surface area (Å²) in [6.45, 7) is 2.92. The van der Waals surface area contributed by atoms with Crippen molar-refractivity contribution in [1.29, 1.82) is 0 Å². The van der Waals surface area contributed by atoms with Crippen LogP contribution in [0.1, 0.15) is 4.88 Å². The number of nitrogen functional groups attached to an aromatic ring is 1. The molecule has 0 aliphatic rings. The molecule has 0 atom stereocenters. The Morgan fingerprint density at radius 2 is 2.09 bits per heavy atom. The molecule has 0 radical (unpaired) electrons. The minimum atomic E-state index is -0.177. The number of ether oxygens (including phenoxy) is 2. The molecule has 2 aromatic rings. The van der Waals surface area contributed by atoms with Gasteiger partial charge in [0.05, 0.1) is 12.3 Å². The number of rotatable bonds is 7. The summed E-state index contributed by atoms with van der Waals surface area (Å²) in [7, 11) is 1.59. The molecule has 1 aromatic heterocycles. The monoisotopic (exact) mass is 321 g/mol. The molecule has 0 bridgehead atoms. The summed E-state index contributed by atoms with van der Waals surface area (Å²) in [5.74, 6) is 0.454. The van der Waals surface area contributed by atoms with Crippen LogP contribution in [0, 0.1) is 6.92 Å². The van der Waals surface area contributed by atoms with Gasteiger partial charge in [0, 0.05) is 24.1 Å². The molecule has 7 heteroatoms. The van der Waals surface area contributed by atoms with Crippen molar-refractivity contribution in [1.82, 2.24) is 10.3 Å². The maximum atomic E-state index is 11.5. The lowest BCUT2D eigenvalue weighted by molar-refractivity contribution is -0.123. The number of anilines is 1. The second kappa shape index (κ2) is 7.77. The number of amides is 1. The lowest BCUT2D eigenvalue weighted by atomic mass is 10.1. The van der Waals surface area contributed by atoms with E-state index in [0.717, 1.165) is 16.1 Å². The number of aryl methyl sites for hydroxylation is 1. The first kappa shape index (κ1) is 16.3. The largest absolute Gasteiger partial charge is 0.484 e. The quantitative estimate of drug-likeness (QED) is 0.760. The number of nitrogens with two attached hydrogens (primary N) is 1. The zero-order valence-electron chi connectivity index (χ0n) is 12.6. The van der Waals surface area contributed by atoms with E-state index >= 15 is 0 Å². The summed E-state index contributed by atoms with van der Waals surface area (Å²) in [5.41, 5.74) is 7.56. The second-order valence-electron chi connectivity index (χ2n) is 4.61. The number of nitrogens with one attached hydrogen (secondary N) is 1. The maximum Gasteiger partial charge on any atom is 0.258 e. The topological polar surface area (TPSA) is 86.5 Å². The van der Waals surface area contributed by atoms with Crippen LogP contribution < -0.4 is 15.8 Å². The van der Waals surface area contributed by atoms with Crippen molar-refractivity contribution >= 4 is 22.4 Å². The fraction of sp³-hybridized carbons (Fsp3) is 0.333. The van der Waals surface area contributed by atoms with Crippen LogP contribution in [0.4, 0.5) is 5.13 Å². The third kappa shape index (κ3) is 4.44. The molecule has 0 unspecified atom stereocenters. The van der Waals surface area contributed by atoms with Crippen LogP contribution in [0.2, 0.25) is 0 Å². The van der Waals surface area contributed by atoms with Crippen LogP contribution >= 0.6 is 11.3 Å². The van der Waals surface area contributed by atoms with Crippen LogP contribution in [0.15, 0.2) is 24.3 Å². The number of thiazole rings is 1. The summed E-state index contributed by atoms with van der Waals surface area (Å²) in [5, 5.41) is 3.25. The van der Waals surface area contributed by atoms with E-state index in [-0.39, 0.29) is 12.5 Å². The average Bonchev–Trinajstić information content (AvgIpc) is 2.85. The SMILES string of the molecule is COCCNC(=O)COc1ccc(-c2nc(N)sc2C)cc1. The lowest BCUT2D eigenvalue weighted by Gasteiger charge is -2.07. The normalized spacial score (nSPS) is 10.5. The van der Waals surface area contributed by atoms with Gasteiger partial charge in [0.2, 0.25) is 0 Å². The molecule has 1 heterocycles. The highest BCUT2D eigenvalue weighted by atomic mass is 32.1. The minimum Gasteiger partial charge on any atom is -0.484 e. The molecule has 0 aliphatic heterocycles. The number of hydrogen-bond acceptors (Lipinski definition) is 6. The predicted octanol–water partition coefficient (Wildman–Crippen LogP) is 1.84. The van der Waals surface area contributed by atoms with E-state index in [4.69, 9.17) is 15.2 Å².